The molecule has 0 aliphatic carbocycles. The van der Waals surface area contributed by atoms with E-state index in [0.29, 0.717) is 0 Å². The molecule has 2 N–H and O–H groups in total. The molecular formula is C11H10N4O4S. The number of rotatable bonds is 5. The van der Waals surface area contributed by atoms with Gasteiger partial charge in [0.1, 0.15) is 5.01 Å². The van der Waals surface area contributed by atoms with Crippen molar-refractivity contribution in [3.63, 3.8) is 0 Å². The van der Waals surface area contributed by atoms with E-state index in [1.165, 1.54) is 11.3 Å². The van der Waals surface area contributed by atoms with E-state index < -0.39 is 10.9 Å². The first-order chi connectivity index (χ1) is 9.47. The number of carboxylic acids is 1. The number of aromatic nitrogens is 2. The summed E-state index contributed by atoms with van der Waals surface area (Å²) in [6.45, 7) is 2.08. The largest absolute Gasteiger partial charge is 0.477 e. The van der Waals surface area contributed by atoms with Crippen LogP contribution in [0.4, 0.5) is 11.5 Å². The highest BCUT2D eigenvalue weighted by atomic mass is 32.1. The fraction of sp³-hybridized carbons (Fsp3) is 0.182. The van der Waals surface area contributed by atoms with Crippen LogP contribution in [-0.2, 0) is 6.54 Å². The van der Waals surface area contributed by atoms with Crippen molar-refractivity contribution in [2.75, 3.05) is 5.32 Å². The van der Waals surface area contributed by atoms with Crippen molar-refractivity contribution < 1.29 is 14.8 Å². The highest BCUT2D eigenvalue weighted by Crippen LogP contribution is 2.23. The minimum Gasteiger partial charge on any atom is -0.477 e. The van der Waals surface area contributed by atoms with Crippen LogP contribution in [0, 0.1) is 17.0 Å². The molecular weight excluding hydrogens is 284 g/mol. The molecule has 104 valence electrons. The highest BCUT2D eigenvalue weighted by Gasteiger charge is 2.18. The Hall–Kier alpha value is -2.55. The van der Waals surface area contributed by atoms with Crippen LogP contribution in [0.25, 0.3) is 0 Å². The number of nitrogens with one attached hydrogen (secondary N) is 1. The molecule has 0 aliphatic heterocycles. The third-order valence-electron chi connectivity index (χ3n) is 2.36. The summed E-state index contributed by atoms with van der Waals surface area (Å²) in [6.07, 6.45) is 0. The molecule has 0 aromatic carbocycles. The minimum absolute atomic E-state index is 0.0808. The van der Waals surface area contributed by atoms with E-state index in [1.807, 2.05) is 12.3 Å². The van der Waals surface area contributed by atoms with E-state index in [9.17, 15) is 14.9 Å². The molecule has 0 saturated carbocycles. The van der Waals surface area contributed by atoms with Crippen molar-refractivity contribution in [3.8, 4) is 0 Å². The Morgan fingerprint density at radius 2 is 2.25 bits per heavy atom. The van der Waals surface area contributed by atoms with Gasteiger partial charge in [-0.25, -0.2) is 14.8 Å². The number of aromatic carboxylic acids is 1. The number of carboxylic acid groups (broad SMARTS) is 1. The van der Waals surface area contributed by atoms with Gasteiger partial charge in [0.15, 0.2) is 5.69 Å². The number of hydrogen-bond acceptors (Lipinski definition) is 7. The molecule has 2 heterocycles. The summed E-state index contributed by atoms with van der Waals surface area (Å²) in [5.74, 6) is -1.32. The van der Waals surface area contributed by atoms with Crippen LogP contribution in [0.3, 0.4) is 0 Å². The molecule has 2 rings (SSSR count). The standard InChI is InChI=1S/C11H10N4O4S/c1-6-5-20-9(13-6)4-12-10-8(15(18)19)3-2-7(14-10)11(16)17/h2-3,5H,4H2,1H3,(H,12,14)(H,16,17). The second kappa shape index (κ2) is 5.61. The number of carbonyl (C=O) groups is 1. The maximum Gasteiger partial charge on any atom is 0.354 e. The lowest BCUT2D eigenvalue weighted by Gasteiger charge is -2.05. The van der Waals surface area contributed by atoms with Gasteiger partial charge in [0.05, 0.1) is 11.5 Å². The van der Waals surface area contributed by atoms with Crippen molar-refractivity contribution in [1.82, 2.24) is 9.97 Å². The molecule has 2 aromatic rings. The highest BCUT2D eigenvalue weighted by molar-refractivity contribution is 7.09. The third-order valence-corrected chi connectivity index (χ3v) is 3.33. The molecule has 2 aromatic heterocycles. The zero-order valence-electron chi connectivity index (χ0n) is 10.4. The van der Waals surface area contributed by atoms with Crippen LogP contribution in [0.5, 0.6) is 0 Å². The molecule has 0 unspecified atom stereocenters. The van der Waals surface area contributed by atoms with E-state index >= 15 is 0 Å². The Labute approximate surface area is 117 Å². The van der Waals surface area contributed by atoms with Gasteiger partial charge < -0.3 is 10.4 Å². The first-order valence-electron chi connectivity index (χ1n) is 5.51. The number of pyridine rings is 1. The molecule has 0 radical (unpaired) electrons. The van der Waals surface area contributed by atoms with Crippen LogP contribution < -0.4 is 5.32 Å². The van der Waals surface area contributed by atoms with Crippen molar-refractivity contribution in [3.05, 3.63) is 44.0 Å². The molecule has 0 aliphatic rings. The summed E-state index contributed by atoms with van der Waals surface area (Å²) in [5.41, 5.74) is 0.324. The summed E-state index contributed by atoms with van der Waals surface area (Å²) in [6, 6.07) is 2.21. The van der Waals surface area contributed by atoms with E-state index in [2.05, 4.69) is 15.3 Å². The average Bonchev–Trinajstić information content (AvgIpc) is 2.81. The molecule has 0 spiro atoms. The normalized spacial score (nSPS) is 10.2. The van der Waals surface area contributed by atoms with Crippen LogP contribution in [-0.4, -0.2) is 26.0 Å². The molecule has 9 heteroatoms. The van der Waals surface area contributed by atoms with Crippen LogP contribution in [0.15, 0.2) is 17.5 Å². The van der Waals surface area contributed by atoms with Crippen molar-refractivity contribution in [2.45, 2.75) is 13.5 Å². The number of nitro groups is 1. The van der Waals surface area contributed by atoms with Crippen molar-refractivity contribution >= 4 is 28.8 Å². The number of anilines is 1. The van der Waals surface area contributed by atoms with Gasteiger partial charge in [0.25, 0.3) is 0 Å². The van der Waals surface area contributed by atoms with Gasteiger partial charge in [0.2, 0.25) is 5.82 Å². The predicted octanol–water partition coefficient (Wildman–Crippen LogP) is 2.07. The van der Waals surface area contributed by atoms with E-state index in [-0.39, 0.29) is 23.7 Å². The summed E-state index contributed by atoms with van der Waals surface area (Å²) in [5, 5.41) is 25.1. The van der Waals surface area contributed by atoms with Crippen molar-refractivity contribution in [1.29, 1.82) is 0 Å². The lowest BCUT2D eigenvalue weighted by Crippen LogP contribution is -2.08. The van der Waals surface area contributed by atoms with Gasteiger partial charge >= 0.3 is 11.7 Å². The van der Waals surface area contributed by atoms with Crippen molar-refractivity contribution in [2.24, 2.45) is 0 Å². The Bertz CT molecular complexity index is 670. The molecule has 0 amide bonds. The van der Waals surface area contributed by atoms with E-state index in [1.54, 1.807) is 0 Å². The Morgan fingerprint density at radius 1 is 1.50 bits per heavy atom. The molecule has 0 fully saturated rings. The summed E-state index contributed by atoms with van der Waals surface area (Å²) < 4.78 is 0. The minimum atomic E-state index is -1.24. The lowest BCUT2D eigenvalue weighted by atomic mass is 10.3. The number of nitrogens with zero attached hydrogens (tertiary/aromatic N) is 3. The second-order valence-corrected chi connectivity index (χ2v) is 4.81. The summed E-state index contributed by atoms with van der Waals surface area (Å²) in [4.78, 5) is 29.0. The third kappa shape index (κ3) is 3.06. The van der Waals surface area contributed by atoms with Crippen LogP contribution >= 0.6 is 11.3 Å². The van der Waals surface area contributed by atoms with Gasteiger partial charge in [-0.2, -0.15) is 0 Å². The SMILES string of the molecule is Cc1csc(CNc2nc(C(=O)O)ccc2[N+](=O)[O-])n1. The predicted molar refractivity (Wildman–Crippen MR) is 72.0 cm³/mol. The summed E-state index contributed by atoms with van der Waals surface area (Å²) >= 11 is 1.41. The first-order valence-corrected chi connectivity index (χ1v) is 6.39. The lowest BCUT2D eigenvalue weighted by molar-refractivity contribution is -0.384. The van der Waals surface area contributed by atoms with Crippen LogP contribution in [0.2, 0.25) is 0 Å². The summed E-state index contributed by atoms with van der Waals surface area (Å²) in [7, 11) is 0. The second-order valence-electron chi connectivity index (χ2n) is 3.86. The molecule has 0 bridgehead atoms. The molecule has 8 nitrogen and oxygen atoms in total. The zero-order valence-corrected chi connectivity index (χ0v) is 11.2. The molecule has 20 heavy (non-hydrogen) atoms. The topological polar surface area (TPSA) is 118 Å². The average molecular weight is 294 g/mol. The van der Waals surface area contributed by atoms with Gasteiger partial charge in [-0.1, -0.05) is 0 Å². The van der Waals surface area contributed by atoms with Gasteiger partial charge in [-0.3, -0.25) is 10.1 Å². The first kappa shape index (κ1) is 13.9. The van der Waals surface area contributed by atoms with Gasteiger partial charge in [0, 0.05) is 17.1 Å². The monoisotopic (exact) mass is 294 g/mol. The maximum atomic E-state index is 10.9. The number of aryl methyl sites for hydroxylation is 1. The van der Waals surface area contributed by atoms with E-state index in [0.717, 1.165) is 22.8 Å². The van der Waals surface area contributed by atoms with E-state index in [4.69, 9.17) is 5.11 Å². The Kier molecular flexibility index (Phi) is 3.89. The molecule has 0 atom stereocenters. The quantitative estimate of drug-likeness (QED) is 0.640. The number of hydrogen-bond donors (Lipinski definition) is 2. The van der Waals surface area contributed by atoms with Crippen LogP contribution in [0.1, 0.15) is 21.2 Å². The zero-order chi connectivity index (χ0) is 14.7. The fourth-order valence-corrected chi connectivity index (χ4v) is 2.20. The van der Waals surface area contributed by atoms with Gasteiger partial charge in [-0.05, 0) is 13.0 Å². The Balaban J connectivity index is 2.25. The molecule has 0 saturated heterocycles. The number of thiazole rings is 1. The Morgan fingerprint density at radius 3 is 2.80 bits per heavy atom. The fourth-order valence-electron chi connectivity index (χ4n) is 1.49. The van der Waals surface area contributed by atoms with Gasteiger partial charge in [-0.15, -0.1) is 11.3 Å². The maximum absolute atomic E-state index is 10.9. The smallest absolute Gasteiger partial charge is 0.354 e.